The molecule has 138 valence electrons. The molecular weight excluding hydrogens is 418 g/mol. The van der Waals surface area contributed by atoms with E-state index in [0.29, 0.717) is 0 Å². The summed E-state index contributed by atoms with van der Waals surface area (Å²) < 4.78 is -4.47. The van der Waals surface area contributed by atoms with Crippen LogP contribution in [0.25, 0.3) is 0 Å². The van der Waals surface area contributed by atoms with E-state index in [9.17, 15) is 64.6 Å². The molecule has 0 radical (unpaired) electrons. The number of hydrogen-bond donors (Lipinski definition) is 2. The molecule has 0 rings (SSSR count). The van der Waals surface area contributed by atoms with E-state index in [1.54, 1.807) is 0 Å². The Balaban J connectivity index is -0.00000141. The fraction of sp³-hybridized carbons (Fsp3) is 0. The standard InChI is InChI=1S/Co.H4N2.NO3.5NO2.Na.O/c;1-2;2-1(3)4;5*2-1-3;;/h;1-2H2;;;;;;;;/q;;-1;;;;;;+1;. The van der Waals surface area contributed by atoms with E-state index in [-0.39, 0.29) is 29.6 Å². The van der Waals surface area contributed by atoms with Crippen LogP contribution in [0.2, 0.25) is 0 Å². The maximum absolute atomic E-state index is 12.1. The van der Waals surface area contributed by atoms with Crippen molar-refractivity contribution in [3.63, 3.8) is 0 Å². The van der Waals surface area contributed by atoms with E-state index in [2.05, 4.69) is 15.6 Å². The molecule has 22 nitrogen and oxygen atoms in total. The van der Waals surface area contributed by atoms with Gasteiger partial charge in [-0.2, -0.15) is 0 Å². The maximum Gasteiger partial charge on any atom is 1.00 e. The monoisotopic (exact) mass is 422 g/mol. The van der Waals surface area contributed by atoms with Crippen molar-refractivity contribution < 1.29 is 73.1 Å². The van der Waals surface area contributed by atoms with Crippen molar-refractivity contribution in [1.82, 2.24) is 0 Å². The van der Waals surface area contributed by atoms with E-state index in [1.807, 2.05) is 0 Å². The Labute approximate surface area is 145 Å². The van der Waals surface area contributed by atoms with Gasteiger partial charge in [0.1, 0.15) is 0 Å². The minimum Gasteiger partial charge on any atom is 1.00 e. The molecule has 0 aliphatic heterocycles. The zero-order valence-corrected chi connectivity index (χ0v) is 13.9. The summed E-state index contributed by atoms with van der Waals surface area (Å²) in [6, 6.07) is 0. The molecule has 0 aromatic rings. The van der Waals surface area contributed by atoms with Crippen LogP contribution in [0, 0.1) is 60.7 Å². The first-order chi connectivity index (χ1) is 10.1. The van der Waals surface area contributed by atoms with Crippen LogP contribution in [-0.2, 0) is 18.6 Å². The Morgan fingerprint density at radius 2 is 0.792 bits per heavy atom. The van der Waals surface area contributed by atoms with Crippen molar-refractivity contribution >= 4 is 0 Å². The summed E-state index contributed by atoms with van der Waals surface area (Å²) in [5.41, 5.74) is 0. The van der Waals surface area contributed by atoms with Gasteiger partial charge in [0, 0.05) is 0 Å². The van der Waals surface area contributed by atoms with E-state index in [0.717, 1.165) is 0 Å². The van der Waals surface area contributed by atoms with Gasteiger partial charge in [0.2, 0.25) is 0 Å². The molecule has 0 aromatic heterocycles. The minimum absolute atomic E-state index is 0. The van der Waals surface area contributed by atoms with Crippen molar-refractivity contribution in [3.05, 3.63) is 60.7 Å². The van der Waals surface area contributed by atoms with Crippen LogP contribution in [0.3, 0.4) is 0 Å². The first kappa shape index (κ1) is 26.3. The molecule has 24 heteroatoms. The average molecular weight is 422 g/mol. The van der Waals surface area contributed by atoms with Crippen LogP contribution in [-0.4, -0.2) is 24.9 Å². The van der Waals surface area contributed by atoms with Gasteiger partial charge in [-0.3, -0.25) is 11.7 Å². The molecule has 24 heavy (non-hydrogen) atoms. The van der Waals surface area contributed by atoms with Gasteiger partial charge in [-0.25, -0.2) is 0 Å². The maximum atomic E-state index is 12.1. The Morgan fingerprint density at radius 3 is 0.833 bits per heavy atom. The summed E-state index contributed by atoms with van der Waals surface area (Å²) in [4.78, 5) is 63.3. The third-order valence-corrected chi connectivity index (χ3v) is 7.41. The fourth-order valence-electron chi connectivity index (χ4n) is 0.687. The number of hydrazine groups is 1. The molecule has 4 N–H and O–H groups in total. The van der Waals surface area contributed by atoms with E-state index in [1.165, 1.54) is 0 Å². The van der Waals surface area contributed by atoms with Gasteiger partial charge in [0.15, 0.2) is 0 Å². The molecule has 0 unspecified atom stereocenters. The molecule has 0 saturated carbocycles. The molecule has 0 aliphatic carbocycles. The van der Waals surface area contributed by atoms with Gasteiger partial charge in [0.05, 0.1) is 0 Å². The van der Waals surface area contributed by atoms with Gasteiger partial charge >= 0.3 is 134 Å². The van der Waals surface area contributed by atoms with Crippen molar-refractivity contribution in [3.8, 4) is 0 Å². The van der Waals surface area contributed by atoms with Crippen LogP contribution in [0.1, 0.15) is 0 Å². The van der Waals surface area contributed by atoms with Gasteiger partial charge in [-0.05, 0) is 0 Å². The van der Waals surface area contributed by atoms with Gasteiger partial charge in [0.25, 0.3) is 0 Å². The van der Waals surface area contributed by atoms with E-state index in [4.69, 9.17) is 0 Å². The normalized spacial score (nSPS) is 14.3. The Morgan fingerprint density at radius 1 is 0.625 bits per heavy atom. The second-order valence-corrected chi connectivity index (χ2v) is 8.84. The third kappa shape index (κ3) is 1.54. The minimum atomic E-state index is -12.1. The molecule has 0 heterocycles. The molecule has 0 fully saturated rings. The SMILES string of the molecule is NN.O=[N+]([O-])[O][Co-](=[O])([N+](=O)[O-])([N+](=O)[O-])([N+](=O)[O-])([N+](=O)[O-])[N+](=O)[O-].[Na+]. The smallest absolute Gasteiger partial charge is 1.00 e. The molecule has 0 atom stereocenters. The predicted octanol–water partition coefficient (Wildman–Crippen LogP) is -6.00. The first-order valence-electron chi connectivity index (χ1n) is 3.72. The Bertz CT molecular complexity index is 642. The summed E-state index contributed by atoms with van der Waals surface area (Å²) in [5, 5.41) is 60.3. The van der Waals surface area contributed by atoms with Crippen molar-refractivity contribution in [2.45, 2.75) is 0 Å². The number of nitrogens with two attached hydrogens (primary N) is 2. The fourth-order valence-corrected chi connectivity index (χ4v) is 2.83. The summed E-state index contributed by atoms with van der Waals surface area (Å²) >= 11 is 0. The molecule has 0 bridgehead atoms. The van der Waals surface area contributed by atoms with E-state index < -0.39 is 35.8 Å². The van der Waals surface area contributed by atoms with E-state index >= 15 is 0 Å². The average Bonchev–Trinajstić information content (AvgIpc) is 2.39. The molecule has 0 aromatic carbocycles. The summed E-state index contributed by atoms with van der Waals surface area (Å²) in [7, 11) is -12.1. The Kier molecular flexibility index (Phi) is 6.04. The molecule has 0 amide bonds. The number of rotatable bonds is 7. The topological polar surface area (TPSA) is 337 Å². The summed E-state index contributed by atoms with van der Waals surface area (Å²) in [5.74, 6) is 8.00. The Hall–Kier alpha value is -2.57. The van der Waals surface area contributed by atoms with Gasteiger partial charge < -0.3 is 0 Å². The predicted molar refractivity (Wildman–Crippen MR) is 52.1 cm³/mol. The molecular formula is H4CoN8NaO14. The molecule has 0 saturated heterocycles. The largest absolute Gasteiger partial charge is 1.00 e. The van der Waals surface area contributed by atoms with Crippen LogP contribution in [0.4, 0.5) is 0 Å². The van der Waals surface area contributed by atoms with Crippen LogP contribution in [0.5, 0.6) is 0 Å². The van der Waals surface area contributed by atoms with Crippen molar-refractivity contribution in [2.24, 2.45) is 11.7 Å². The number of nitro groups is 5. The van der Waals surface area contributed by atoms with Crippen LogP contribution >= 0.6 is 0 Å². The second-order valence-electron chi connectivity index (χ2n) is 2.60. The van der Waals surface area contributed by atoms with Crippen molar-refractivity contribution in [1.29, 1.82) is 0 Å². The summed E-state index contributed by atoms with van der Waals surface area (Å²) in [6.45, 7) is 0. The second kappa shape index (κ2) is 5.50. The third-order valence-electron chi connectivity index (χ3n) is 1.80. The van der Waals surface area contributed by atoms with Crippen LogP contribution < -0.4 is 41.2 Å². The zero-order chi connectivity index (χ0) is 19.5. The molecule has 0 spiro atoms. The quantitative estimate of drug-likeness (QED) is 0.167. The number of nitrogens with zero attached hydrogens (tertiary/aromatic N) is 6. The van der Waals surface area contributed by atoms with Crippen LogP contribution in [0.15, 0.2) is 0 Å². The zero-order valence-electron chi connectivity index (χ0n) is 10.9. The van der Waals surface area contributed by atoms with Crippen molar-refractivity contribution in [2.75, 3.05) is 0 Å². The number of hydrogen-bond acceptors (Lipinski definition) is 16. The first-order valence-corrected chi connectivity index (χ1v) is 6.90. The van der Waals surface area contributed by atoms with Gasteiger partial charge in [-0.15, -0.1) is 0 Å². The molecule has 0 aliphatic rings. The van der Waals surface area contributed by atoms with Gasteiger partial charge in [-0.1, -0.05) is 0 Å². The summed E-state index contributed by atoms with van der Waals surface area (Å²) in [6.07, 6.45) is 0.